The minimum atomic E-state index is 0.369. The first-order chi connectivity index (χ1) is 9.16. The second-order valence-electron chi connectivity index (χ2n) is 4.39. The molecular weight excluding hydrogens is 264 g/mol. The highest BCUT2D eigenvalue weighted by Crippen LogP contribution is 2.38. The normalized spacial score (nSPS) is 12.9. The van der Waals surface area contributed by atoms with Crippen LogP contribution in [-0.4, -0.2) is 11.6 Å². The first-order valence-corrected chi connectivity index (χ1v) is 6.37. The molecule has 0 radical (unpaired) electrons. The molecule has 0 saturated carbocycles. The Hall–Kier alpha value is -1.94. The summed E-state index contributed by atoms with van der Waals surface area (Å²) in [6.07, 6.45) is 2.38. The summed E-state index contributed by atoms with van der Waals surface area (Å²) in [5, 5.41) is 0.441. The minimum Gasteiger partial charge on any atom is -0.493 e. The smallest absolute Gasteiger partial charge is 0.238 e. The maximum atomic E-state index is 6.20. The molecule has 4 nitrogen and oxygen atoms in total. The molecule has 19 heavy (non-hydrogen) atoms. The van der Waals surface area contributed by atoms with Crippen molar-refractivity contribution in [1.29, 1.82) is 0 Å². The third-order valence-electron chi connectivity index (χ3n) is 3.18. The van der Waals surface area contributed by atoms with Gasteiger partial charge in [-0.1, -0.05) is 17.7 Å². The zero-order valence-electron chi connectivity index (χ0n) is 10.4. The van der Waals surface area contributed by atoms with Crippen molar-refractivity contribution in [3.63, 3.8) is 0 Å². The lowest BCUT2D eigenvalue weighted by Gasteiger charge is -2.11. The van der Waals surface area contributed by atoms with Crippen LogP contribution in [0.4, 0.5) is 5.69 Å². The Morgan fingerprint density at radius 3 is 3.11 bits per heavy atom. The Morgan fingerprint density at radius 2 is 2.26 bits per heavy atom. The molecule has 1 aliphatic rings. The standard InChI is InChI=1S/C14H13ClN2O2/c1-8-10(16)7-17-14(13(8)15)19-12-4-2-3-11-9(12)5-6-18-11/h2-4,7H,5-6,16H2,1H3. The van der Waals surface area contributed by atoms with Gasteiger partial charge in [0.25, 0.3) is 0 Å². The molecule has 0 fully saturated rings. The Labute approximate surface area is 116 Å². The molecule has 2 heterocycles. The van der Waals surface area contributed by atoms with Crippen LogP contribution in [0, 0.1) is 6.92 Å². The number of rotatable bonds is 2. The highest BCUT2D eigenvalue weighted by molar-refractivity contribution is 6.33. The average Bonchev–Trinajstić information content (AvgIpc) is 2.89. The molecule has 0 spiro atoms. The van der Waals surface area contributed by atoms with E-state index in [1.807, 2.05) is 25.1 Å². The van der Waals surface area contributed by atoms with Crippen LogP contribution in [0.1, 0.15) is 11.1 Å². The molecule has 0 amide bonds. The number of fused-ring (bicyclic) bond motifs is 1. The second-order valence-corrected chi connectivity index (χ2v) is 4.77. The van der Waals surface area contributed by atoms with Crippen molar-refractivity contribution in [2.24, 2.45) is 0 Å². The van der Waals surface area contributed by atoms with E-state index in [-0.39, 0.29) is 0 Å². The minimum absolute atomic E-state index is 0.369. The lowest BCUT2D eigenvalue weighted by molar-refractivity contribution is 0.357. The van der Waals surface area contributed by atoms with Gasteiger partial charge in [0.05, 0.1) is 18.5 Å². The van der Waals surface area contributed by atoms with Gasteiger partial charge in [0.15, 0.2) is 0 Å². The summed E-state index contributed by atoms with van der Waals surface area (Å²) < 4.78 is 11.3. The van der Waals surface area contributed by atoms with Gasteiger partial charge in [-0.3, -0.25) is 0 Å². The second kappa shape index (κ2) is 4.63. The first kappa shape index (κ1) is 12.1. The number of nitrogens with zero attached hydrogens (tertiary/aromatic N) is 1. The van der Waals surface area contributed by atoms with Crippen molar-refractivity contribution >= 4 is 17.3 Å². The number of benzene rings is 1. The van der Waals surface area contributed by atoms with Crippen molar-refractivity contribution in [2.45, 2.75) is 13.3 Å². The van der Waals surface area contributed by atoms with Gasteiger partial charge < -0.3 is 15.2 Å². The van der Waals surface area contributed by atoms with Crippen LogP contribution in [0.2, 0.25) is 5.02 Å². The van der Waals surface area contributed by atoms with E-state index in [0.29, 0.717) is 23.2 Å². The predicted octanol–water partition coefficient (Wildman–Crippen LogP) is 3.35. The van der Waals surface area contributed by atoms with Crippen LogP contribution in [0.3, 0.4) is 0 Å². The van der Waals surface area contributed by atoms with Gasteiger partial charge in [0.2, 0.25) is 5.88 Å². The molecule has 1 aliphatic heterocycles. The Bertz CT molecular complexity index is 644. The predicted molar refractivity (Wildman–Crippen MR) is 74.1 cm³/mol. The largest absolute Gasteiger partial charge is 0.493 e. The lowest BCUT2D eigenvalue weighted by Crippen LogP contribution is -1.97. The van der Waals surface area contributed by atoms with Crippen molar-refractivity contribution < 1.29 is 9.47 Å². The van der Waals surface area contributed by atoms with E-state index in [4.69, 9.17) is 26.8 Å². The molecule has 1 aromatic heterocycles. The molecule has 0 atom stereocenters. The average molecular weight is 277 g/mol. The summed E-state index contributed by atoms with van der Waals surface area (Å²) in [6, 6.07) is 5.70. The molecule has 0 saturated heterocycles. The first-order valence-electron chi connectivity index (χ1n) is 6.00. The SMILES string of the molecule is Cc1c(N)cnc(Oc2cccc3c2CCO3)c1Cl. The molecule has 0 bridgehead atoms. The molecule has 98 valence electrons. The van der Waals surface area contributed by atoms with E-state index in [0.717, 1.165) is 29.0 Å². The summed E-state index contributed by atoms with van der Waals surface area (Å²) in [7, 11) is 0. The number of aromatic nitrogens is 1. The molecule has 2 N–H and O–H groups in total. The Morgan fingerprint density at radius 1 is 1.42 bits per heavy atom. The van der Waals surface area contributed by atoms with Gasteiger partial charge >= 0.3 is 0 Å². The van der Waals surface area contributed by atoms with Crippen molar-refractivity contribution in [3.05, 3.63) is 40.5 Å². The number of hydrogen-bond acceptors (Lipinski definition) is 4. The number of hydrogen-bond donors (Lipinski definition) is 1. The van der Waals surface area contributed by atoms with Crippen molar-refractivity contribution in [1.82, 2.24) is 4.98 Å². The molecule has 0 unspecified atom stereocenters. The number of halogens is 1. The maximum absolute atomic E-state index is 6.20. The fourth-order valence-corrected chi connectivity index (χ4v) is 2.23. The summed E-state index contributed by atoms with van der Waals surface area (Å²) >= 11 is 6.20. The van der Waals surface area contributed by atoms with Gasteiger partial charge in [-0.05, 0) is 24.6 Å². The Kier molecular flexibility index (Phi) is 2.95. The Balaban J connectivity index is 1.99. The van der Waals surface area contributed by atoms with E-state index in [9.17, 15) is 0 Å². The third-order valence-corrected chi connectivity index (χ3v) is 3.62. The zero-order chi connectivity index (χ0) is 13.4. The molecule has 2 aromatic rings. The lowest BCUT2D eigenvalue weighted by atomic mass is 10.1. The summed E-state index contributed by atoms with van der Waals surface area (Å²) in [5.41, 5.74) is 8.13. The topological polar surface area (TPSA) is 57.4 Å². The van der Waals surface area contributed by atoms with Crippen LogP contribution in [0.5, 0.6) is 17.4 Å². The van der Waals surface area contributed by atoms with Gasteiger partial charge in [-0.25, -0.2) is 4.98 Å². The number of nitrogens with two attached hydrogens (primary N) is 1. The van der Waals surface area contributed by atoms with Gasteiger partial charge in [-0.15, -0.1) is 0 Å². The van der Waals surface area contributed by atoms with E-state index in [2.05, 4.69) is 4.98 Å². The molecule has 1 aromatic carbocycles. The molecule has 5 heteroatoms. The van der Waals surface area contributed by atoms with Crippen molar-refractivity contribution in [2.75, 3.05) is 12.3 Å². The van der Waals surface area contributed by atoms with Crippen LogP contribution in [-0.2, 0) is 6.42 Å². The zero-order valence-corrected chi connectivity index (χ0v) is 11.2. The number of pyridine rings is 1. The highest BCUT2D eigenvalue weighted by Gasteiger charge is 2.19. The van der Waals surface area contributed by atoms with Crippen molar-refractivity contribution in [3.8, 4) is 17.4 Å². The van der Waals surface area contributed by atoms with E-state index in [1.165, 1.54) is 0 Å². The van der Waals surface area contributed by atoms with Gasteiger partial charge in [-0.2, -0.15) is 0 Å². The highest BCUT2D eigenvalue weighted by atomic mass is 35.5. The van der Waals surface area contributed by atoms with E-state index < -0.39 is 0 Å². The fourth-order valence-electron chi connectivity index (χ4n) is 2.03. The van der Waals surface area contributed by atoms with Crippen LogP contribution in [0.15, 0.2) is 24.4 Å². The van der Waals surface area contributed by atoms with Crippen LogP contribution >= 0.6 is 11.6 Å². The van der Waals surface area contributed by atoms with E-state index >= 15 is 0 Å². The summed E-state index contributed by atoms with van der Waals surface area (Å²) in [5.74, 6) is 1.96. The summed E-state index contributed by atoms with van der Waals surface area (Å²) in [6.45, 7) is 2.52. The fraction of sp³-hybridized carbons (Fsp3) is 0.214. The van der Waals surface area contributed by atoms with Crippen LogP contribution in [0.25, 0.3) is 0 Å². The number of nitrogen functional groups attached to an aromatic ring is 1. The van der Waals surface area contributed by atoms with Crippen LogP contribution < -0.4 is 15.2 Å². The number of ether oxygens (including phenoxy) is 2. The van der Waals surface area contributed by atoms with Gasteiger partial charge in [0.1, 0.15) is 16.5 Å². The maximum Gasteiger partial charge on any atom is 0.238 e. The van der Waals surface area contributed by atoms with Gasteiger partial charge in [0, 0.05) is 12.0 Å². The third kappa shape index (κ3) is 2.08. The summed E-state index contributed by atoms with van der Waals surface area (Å²) in [4.78, 5) is 4.14. The van der Waals surface area contributed by atoms with E-state index in [1.54, 1.807) is 6.20 Å². The number of anilines is 1. The molecule has 3 rings (SSSR count). The quantitative estimate of drug-likeness (QED) is 0.914. The molecule has 0 aliphatic carbocycles. The molecular formula is C14H13ClN2O2. The monoisotopic (exact) mass is 276 g/mol.